The van der Waals surface area contributed by atoms with Gasteiger partial charge in [-0.2, -0.15) is 0 Å². The Balaban J connectivity index is 1.59. The number of halogens is 1. The van der Waals surface area contributed by atoms with Crippen LogP contribution in [0.5, 0.6) is 5.75 Å². The summed E-state index contributed by atoms with van der Waals surface area (Å²) in [6, 6.07) is 11.5. The summed E-state index contributed by atoms with van der Waals surface area (Å²) in [5.41, 5.74) is 2.42. The van der Waals surface area contributed by atoms with Crippen LogP contribution in [-0.2, 0) is 0 Å². The number of rotatable bonds is 3. The molecule has 0 spiro atoms. The third kappa shape index (κ3) is 3.55. The highest BCUT2D eigenvalue weighted by molar-refractivity contribution is 6.34. The van der Waals surface area contributed by atoms with Gasteiger partial charge in [0.2, 0.25) is 5.89 Å². The lowest BCUT2D eigenvalue weighted by atomic mass is 10.0. The normalized spacial score (nSPS) is 14.3. The van der Waals surface area contributed by atoms with E-state index in [4.69, 9.17) is 16.0 Å². The number of hydrogen-bond donors (Lipinski definition) is 1. The van der Waals surface area contributed by atoms with Crippen LogP contribution in [0.1, 0.15) is 25.2 Å². The van der Waals surface area contributed by atoms with E-state index in [0.717, 1.165) is 24.2 Å². The molecule has 1 aliphatic heterocycles. The van der Waals surface area contributed by atoms with E-state index in [9.17, 15) is 9.90 Å². The van der Waals surface area contributed by atoms with Crippen molar-refractivity contribution in [3.63, 3.8) is 0 Å². The highest BCUT2D eigenvalue weighted by Gasteiger charge is 2.16. The van der Waals surface area contributed by atoms with Crippen LogP contribution in [0.15, 0.2) is 45.6 Å². The zero-order chi connectivity index (χ0) is 21.5. The predicted octanol–water partition coefficient (Wildman–Crippen LogP) is 4.27. The molecule has 3 heterocycles. The monoisotopic (exact) mass is 435 g/mol. The summed E-state index contributed by atoms with van der Waals surface area (Å²) in [4.78, 5) is 17.6. The van der Waals surface area contributed by atoms with Gasteiger partial charge in [-0.15, -0.1) is 10.2 Å². The molecule has 2 aromatic carbocycles. The summed E-state index contributed by atoms with van der Waals surface area (Å²) < 4.78 is 5.32. The van der Waals surface area contributed by atoms with E-state index in [2.05, 4.69) is 32.2 Å². The largest absolute Gasteiger partial charge is 0.871 e. The lowest BCUT2D eigenvalue weighted by Gasteiger charge is -2.29. The second-order valence-electron chi connectivity index (χ2n) is 7.76. The summed E-state index contributed by atoms with van der Waals surface area (Å²) in [6.45, 7) is 3.74. The number of H-pyrrole nitrogens is 1. The van der Waals surface area contributed by atoms with Gasteiger partial charge in [-0.25, -0.2) is 0 Å². The van der Waals surface area contributed by atoms with Gasteiger partial charge in [0.15, 0.2) is 0 Å². The molecule has 0 amide bonds. The SMILES string of the molecule is Cc1nnc(-c2c([O-])c3cc(-c4ccc(N5CCCCC5)cc4)c(Cl)cc3[nH]c2=O)o1. The van der Waals surface area contributed by atoms with Crippen molar-refractivity contribution in [3.8, 4) is 28.3 Å². The molecule has 2 aromatic heterocycles. The Morgan fingerprint density at radius 3 is 2.52 bits per heavy atom. The average molecular weight is 436 g/mol. The quantitative estimate of drug-likeness (QED) is 0.516. The Labute approximate surface area is 183 Å². The number of anilines is 1. The van der Waals surface area contributed by atoms with Crippen molar-refractivity contribution in [1.29, 1.82) is 0 Å². The molecular formula is C23H20ClN4O3-. The molecule has 1 aliphatic rings. The second kappa shape index (κ2) is 7.74. The molecule has 0 bridgehead atoms. The summed E-state index contributed by atoms with van der Waals surface area (Å²) >= 11 is 6.52. The zero-order valence-electron chi connectivity index (χ0n) is 16.9. The van der Waals surface area contributed by atoms with Crippen LogP contribution in [0.25, 0.3) is 33.5 Å². The van der Waals surface area contributed by atoms with E-state index in [0.29, 0.717) is 15.9 Å². The Morgan fingerprint density at radius 2 is 1.84 bits per heavy atom. The minimum Gasteiger partial charge on any atom is -0.871 e. The predicted molar refractivity (Wildman–Crippen MR) is 119 cm³/mol. The number of nitrogens with zero attached hydrogens (tertiary/aromatic N) is 3. The Kier molecular flexibility index (Phi) is 4.90. The standard InChI is InChI=1S/C23H21ClN4O3/c1-13-26-27-23(31-13)20-21(29)17-11-16(18(24)12-19(17)25-22(20)30)14-5-7-15(8-6-14)28-9-3-2-4-10-28/h5-8,11-12H,2-4,9-10H2,1H3,(H2,25,29,30)/p-1. The first-order chi connectivity index (χ1) is 15.0. The topological polar surface area (TPSA) is 98.1 Å². The van der Waals surface area contributed by atoms with Crippen molar-refractivity contribution in [1.82, 2.24) is 15.2 Å². The number of pyridine rings is 1. The smallest absolute Gasteiger partial charge is 0.260 e. The van der Waals surface area contributed by atoms with E-state index < -0.39 is 11.3 Å². The lowest BCUT2D eigenvalue weighted by Crippen LogP contribution is -2.29. The van der Waals surface area contributed by atoms with Crippen LogP contribution < -0.4 is 15.6 Å². The van der Waals surface area contributed by atoms with E-state index in [1.54, 1.807) is 19.1 Å². The molecule has 1 fully saturated rings. The molecule has 1 N–H and O–H groups in total. The van der Waals surface area contributed by atoms with Crippen molar-refractivity contribution in [2.24, 2.45) is 0 Å². The van der Waals surface area contributed by atoms with Gasteiger partial charge in [-0.1, -0.05) is 29.5 Å². The molecule has 1 saturated heterocycles. The van der Waals surface area contributed by atoms with Gasteiger partial charge in [0, 0.05) is 36.8 Å². The fourth-order valence-electron chi connectivity index (χ4n) is 4.10. The van der Waals surface area contributed by atoms with Gasteiger partial charge >= 0.3 is 0 Å². The van der Waals surface area contributed by atoms with Gasteiger partial charge < -0.3 is 19.4 Å². The number of fused-ring (bicyclic) bond motifs is 1. The second-order valence-corrected chi connectivity index (χ2v) is 8.16. The van der Waals surface area contributed by atoms with Crippen molar-refractivity contribution in [3.05, 3.63) is 57.7 Å². The Hall–Kier alpha value is -3.32. The van der Waals surface area contributed by atoms with Gasteiger partial charge in [0.1, 0.15) is 0 Å². The molecule has 0 aliphatic carbocycles. The number of aromatic amines is 1. The average Bonchev–Trinajstić information content (AvgIpc) is 3.20. The fraction of sp³-hybridized carbons (Fsp3) is 0.261. The number of piperidine rings is 1. The number of aromatic nitrogens is 3. The molecule has 0 radical (unpaired) electrons. The minimum atomic E-state index is -0.587. The lowest BCUT2D eigenvalue weighted by molar-refractivity contribution is -0.265. The van der Waals surface area contributed by atoms with Crippen molar-refractivity contribution < 1.29 is 9.52 Å². The fourth-order valence-corrected chi connectivity index (χ4v) is 4.38. The molecule has 0 saturated carbocycles. The Bertz CT molecular complexity index is 1320. The van der Waals surface area contributed by atoms with Crippen LogP contribution in [0.4, 0.5) is 5.69 Å². The van der Waals surface area contributed by atoms with E-state index in [1.807, 2.05) is 12.1 Å². The van der Waals surface area contributed by atoms with Crippen LogP contribution in [0.2, 0.25) is 5.02 Å². The highest BCUT2D eigenvalue weighted by atomic mass is 35.5. The maximum Gasteiger partial charge on any atom is 0.260 e. The molecule has 31 heavy (non-hydrogen) atoms. The molecule has 8 heteroatoms. The molecule has 0 unspecified atom stereocenters. The van der Waals surface area contributed by atoms with Crippen LogP contribution in [-0.4, -0.2) is 28.3 Å². The van der Waals surface area contributed by atoms with Crippen molar-refractivity contribution in [2.45, 2.75) is 26.2 Å². The van der Waals surface area contributed by atoms with E-state index in [1.165, 1.54) is 24.9 Å². The van der Waals surface area contributed by atoms with Crippen LogP contribution in [0, 0.1) is 6.92 Å². The van der Waals surface area contributed by atoms with E-state index in [-0.39, 0.29) is 17.3 Å². The first-order valence-electron chi connectivity index (χ1n) is 10.2. The molecule has 158 valence electrons. The van der Waals surface area contributed by atoms with Crippen LogP contribution in [0.3, 0.4) is 0 Å². The highest BCUT2D eigenvalue weighted by Crippen LogP contribution is 2.37. The molecular weight excluding hydrogens is 416 g/mol. The van der Waals surface area contributed by atoms with Crippen molar-refractivity contribution in [2.75, 3.05) is 18.0 Å². The number of aryl methyl sites for hydroxylation is 1. The Morgan fingerprint density at radius 1 is 1.10 bits per heavy atom. The third-order valence-corrected chi connectivity index (χ3v) is 6.01. The zero-order valence-corrected chi connectivity index (χ0v) is 17.7. The molecule has 4 aromatic rings. The molecule has 5 rings (SSSR count). The first-order valence-corrected chi connectivity index (χ1v) is 10.6. The van der Waals surface area contributed by atoms with Gasteiger partial charge in [-0.05, 0) is 54.5 Å². The van der Waals surface area contributed by atoms with E-state index >= 15 is 0 Å². The van der Waals surface area contributed by atoms with Crippen LogP contribution >= 0.6 is 11.6 Å². The first kappa shape index (κ1) is 19.6. The van der Waals surface area contributed by atoms with Crippen molar-refractivity contribution >= 4 is 28.2 Å². The third-order valence-electron chi connectivity index (χ3n) is 5.69. The van der Waals surface area contributed by atoms with Gasteiger partial charge in [-0.3, -0.25) is 4.79 Å². The number of benzene rings is 2. The maximum atomic E-state index is 13.1. The summed E-state index contributed by atoms with van der Waals surface area (Å²) in [5.74, 6) is -0.280. The summed E-state index contributed by atoms with van der Waals surface area (Å²) in [7, 11) is 0. The number of nitrogens with one attached hydrogen (secondary N) is 1. The molecule has 0 atom stereocenters. The summed E-state index contributed by atoms with van der Waals surface area (Å²) in [5, 5.41) is 21.5. The number of hydrogen-bond acceptors (Lipinski definition) is 6. The van der Waals surface area contributed by atoms with Gasteiger partial charge in [0.05, 0.1) is 10.6 Å². The summed E-state index contributed by atoms with van der Waals surface area (Å²) in [6.07, 6.45) is 3.71. The minimum absolute atomic E-state index is 0.0898. The molecule has 7 nitrogen and oxygen atoms in total. The maximum absolute atomic E-state index is 13.1. The van der Waals surface area contributed by atoms with Gasteiger partial charge in [0.25, 0.3) is 11.4 Å².